The van der Waals surface area contributed by atoms with Gasteiger partial charge in [0, 0.05) is 23.5 Å². The predicted octanol–water partition coefficient (Wildman–Crippen LogP) is 2.49. The van der Waals surface area contributed by atoms with E-state index in [0.717, 1.165) is 13.0 Å². The largest absolute Gasteiger partial charge is 0.294 e. The molecule has 0 bridgehead atoms. The summed E-state index contributed by atoms with van der Waals surface area (Å²) in [6.45, 7) is 10.1. The number of nitrogens with zero attached hydrogens (tertiary/aromatic N) is 1. The van der Waals surface area contributed by atoms with Crippen molar-refractivity contribution in [3.8, 4) is 0 Å². The summed E-state index contributed by atoms with van der Waals surface area (Å²) in [4.78, 5) is 2.48. The highest BCUT2D eigenvalue weighted by Gasteiger charge is 2.34. The SMILES string of the molecule is C[C@@H]1C[C@@H](Cl)CN1C(C)(C)C. The molecule has 0 N–H and O–H groups in total. The molecule has 2 atom stereocenters. The molecule has 0 spiro atoms. The van der Waals surface area contributed by atoms with Crippen LogP contribution in [0.5, 0.6) is 0 Å². The third-order valence-corrected chi connectivity index (χ3v) is 2.70. The van der Waals surface area contributed by atoms with Crippen molar-refractivity contribution in [2.24, 2.45) is 0 Å². The van der Waals surface area contributed by atoms with Gasteiger partial charge in [-0.25, -0.2) is 0 Å². The zero-order valence-electron chi connectivity index (χ0n) is 7.89. The molecule has 0 radical (unpaired) electrons. The molecule has 0 aromatic heterocycles. The molecule has 1 rings (SSSR count). The lowest BCUT2D eigenvalue weighted by molar-refractivity contribution is 0.130. The zero-order chi connectivity index (χ0) is 8.65. The van der Waals surface area contributed by atoms with E-state index in [4.69, 9.17) is 11.6 Å². The van der Waals surface area contributed by atoms with Crippen LogP contribution < -0.4 is 0 Å². The molecule has 0 aliphatic carbocycles. The number of hydrogen-bond acceptors (Lipinski definition) is 1. The number of hydrogen-bond donors (Lipinski definition) is 0. The molecule has 2 heteroatoms. The first kappa shape index (κ1) is 9.34. The lowest BCUT2D eigenvalue weighted by Gasteiger charge is -2.35. The van der Waals surface area contributed by atoms with Crippen LogP contribution in [0.3, 0.4) is 0 Å². The van der Waals surface area contributed by atoms with Gasteiger partial charge in [0.2, 0.25) is 0 Å². The minimum atomic E-state index is 0.281. The Morgan fingerprint density at radius 1 is 1.36 bits per heavy atom. The predicted molar refractivity (Wildman–Crippen MR) is 50.2 cm³/mol. The summed E-state index contributed by atoms with van der Waals surface area (Å²) in [5.74, 6) is 0. The molecule has 0 amide bonds. The average molecular weight is 176 g/mol. The molecule has 0 aromatic carbocycles. The maximum atomic E-state index is 6.07. The van der Waals surface area contributed by atoms with Crippen molar-refractivity contribution in [3.63, 3.8) is 0 Å². The third-order valence-electron chi connectivity index (χ3n) is 2.39. The summed E-state index contributed by atoms with van der Waals surface area (Å²) in [6, 6.07) is 0.650. The zero-order valence-corrected chi connectivity index (χ0v) is 8.65. The number of likely N-dealkylation sites (tertiary alicyclic amines) is 1. The van der Waals surface area contributed by atoms with Gasteiger partial charge in [-0.1, -0.05) is 0 Å². The van der Waals surface area contributed by atoms with Gasteiger partial charge in [-0.05, 0) is 34.1 Å². The first-order chi connectivity index (χ1) is 4.91. The van der Waals surface area contributed by atoms with Gasteiger partial charge in [-0.15, -0.1) is 11.6 Å². The number of alkyl halides is 1. The monoisotopic (exact) mass is 175 g/mol. The van der Waals surface area contributed by atoms with Gasteiger partial charge in [0.15, 0.2) is 0 Å². The Morgan fingerprint density at radius 3 is 2.09 bits per heavy atom. The van der Waals surface area contributed by atoms with Gasteiger partial charge in [-0.2, -0.15) is 0 Å². The molecule has 1 nitrogen and oxygen atoms in total. The Morgan fingerprint density at radius 2 is 1.91 bits per heavy atom. The smallest absolute Gasteiger partial charge is 0.0478 e. The Hall–Kier alpha value is 0.250. The van der Waals surface area contributed by atoms with E-state index in [0.29, 0.717) is 11.4 Å². The van der Waals surface area contributed by atoms with Gasteiger partial charge in [0.25, 0.3) is 0 Å². The Labute approximate surface area is 74.7 Å². The molecule has 11 heavy (non-hydrogen) atoms. The topological polar surface area (TPSA) is 3.24 Å². The van der Waals surface area contributed by atoms with Crippen LogP contribution in [-0.2, 0) is 0 Å². The van der Waals surface area contributed by atoms with Crippen molar-refractivity contribution < 1.29 is 0 Å². The molecule has 66 valence electrons. The fourth-order valence-electron chi connectivity index (χ4n) is 1.90. The molecule has 1 aliphatic heterocycles. The van der Waals surface area contributed by atoms with Crippen LogP contribution in [0.25, 0.3) is 0 Å². The second kappa shape index (κ2) is 2.95. The minimum Gasteiger partial charge on any atom is -0.294 e. The second-order valence-electron chi connectivity index (χ2n) is 4.51. The minimum absolute atomic E-state index is 0.281. The van der Waals surface area contributed by atoms with Gasteiger partial charge in [0.1, 0.15) is 0 Å². The lowest BCUT2D eigenvalue weighted by Crippen LogP contribution is -2.43. The molecular weight excluding hydrogens is 158 g/mol. The maximum Gasteiger partial charge on any atom is 0.0478 e. The summed E-state index contributed by atoms with van der Waals surface area (Å²) < 4.78 is 0. The maximum absolute atomic E-state index is 6.07. The molecule has 1 saturated heterocycles. The van der Waals surface area contributed by atoms with E-state index >= 15 is 0 Å². The highest BCUT2D eigenvalue weighted by atomic mass is 35.5. The highest BCUT2D eigenvalue weighted by Crippen LogP contribution is 2.28. The Kier molecular flexibility index (Phi) is 2.50. The standard InChI is InChI=1S/C9H18ClN/c1-7-5-8(10)6-11(7)9(2,3)4/h7-8H,5-6H2,1-4H3/t7-,8-/m1/s1. The molecular formula is C9H18ClN. The van der Waals surface area contributed by atoms with Gasteiger partial charge in [0.05, 0.1) is 0 Å². The lowest BCUT2D eigenvalue weighted by atomic mass is 10.1. The molecule has 0 saturated carbocycles. The van der Waals surface area contributed by atoms with E-state index in [1.165, 1.54) is 0 Å². The normalized spacial score (nSPS) is 34.6. The summed E-state index contributed by atoms with van der Waals surface area (Å²) in [5, 5.41) is 0.365. The van der Waals surface area contributed by atoms with Crippen molar-refractivity contribution in [1.29, 1.82) is 0 Å². The molecule has 0 unspecified atom stereocenters. The molecule has 0 aromatic rings. The van der Waals surface area contributed by atoms with E-state index in [2.05, 4.69) is 32.6 Å². The van der Waals surface area contributed by atoms with Crippen molar-refractivity contribution in [2.75, 3.05) is 6.54 Å². The summed E-state index contributed by atoms with van der Waals surface area (Å²) in [6.07, 6.45) is 1.14. The van der Waals surface area contributed by atoms with Gasteiger partial charge < -0.3 is 0 Å². The first-order valence-corrected chi connectivity index (χ1v) is 4.75. The van der Waals surface area contributed by atoms with Gasteiger partial charge in [-0.3, -0.25) is 4.90 Å². The van der Waals surface area contributed by atoms with Crippen LogP contribution in [0.1, 0.15) is 34.1 Å². The Balaban J connectivity index is 2.60. The van der Waals surface area contributed by atoms with Crippen LogP contribution in [-0.4, -0.2) is 28.4 Å². The van der Waals surface area contributed by atoms with Crippen molar-refractivity contribution in [2.45, 2.75) is 51.1 Å². The summed E-state index contributed by atoms with van der Waals surface area (Å²) >= 11 is 6.07. The number of halogens is 1. The number of rotatable bonds is 0. The van der Waals surface area contributed by atoms with Gasteiger partial charge >= 0.3 is 0 Å². The highest BCUT2D eigenvalue weighted by molar-refractivity contribution is 6.21. The van der Waals surface area contributed by atoms with Crippen LogP contribution in [0.15, 0.2) is 0 Å². The van der Waals surface area contributed by atoms with Crippen LogP contribution in [0.2, 0.25) is 0 Å². The van der Waals surface area contributed by atoms with Crippen LogP contribution in [0.4, 0.5) is 0 Å². The second-order valence-corrected chi connectivity index (χ2v) is 5.12. The van der Waals surface area contributed by atoms with Crippen molar-refractivity contribution >= 4 is 11.6 Å². The fourth-order valence-corrected chi connectivity index (χ4v) is 2.31. The third kappa shape index (κ3) is 2.09. The molecule has 1 aliphatic rings. The first-order valence-electron chi connectivity index (χ1n) is 4.32. The summed E-state index contributed by atoms with van der Waals surface area (Å²) in [7, 11) is 0. The molecule has 1 heterocycles. The van der Waals surface area contributed by atoms with E-state index in [-0.39, 0.29) is 5.54 Å². The van der Waals surface area contributed by atoms with E-state index < -0.39 is 0 Å². The van der Waals surface area contributed by atoms with E-state index in [9.17, 15) is 0 Å². The Bertz CT molecular complexity index is 139. The molecule has 1 fully saturated rings. The van der Waals surface area contributed by atoms with Crippen LogP contribution in [0, 0.1) is 0 Å². The van der Waals surface area contributed by atoms with Crippen molar-refractivity contribution in [3.05, 3.63) is 0 Å². The average Bonchev–Trinajstić information content (AvgIpc) is 2.08. The fraction of sp³-hybridized carbons (Fsp3) is 1.00. The van der Waals surface area contributed by atoms with E-state index in [1.807, 2.05) is 0 Å². The van der Waals surface area contributed by atoms with E-state index in [1.54, 1.807) is 0 Å². The van der Waals surface area contributed by atoms with Crippen molar-refractivity contribution in [1.82, 2.24) is 4.90 Å². The summed E-state index contributed by atoms with van der Waals surface area (Å²) in [5.41, 5.74) is 0.281. The van der Waals surface area contributed by atoms with Crippen LogP contribution >= 0.6 is 11.6 Å². The quantitative estimate of drug-likeness (QED) is 0.512.